The predicted molar refractivity (Wildman–Crippen MR) is 145 cm³/mol. The van der Waals surface area contributed by atoms with E-state index in [-0.39, 0.29) is 42.2 Å². The molecule has 2 amide bonds. The third-order valence-electron chi connectivity index (χ3n) is 6.90. The van der Waals surface area contributed by atoms with Crippen LogP contribution in [0.4, 0.5) is 9.18 Å². The number of benzene rings is 2. The Kier molecular flexibility index (Phi) is 8.95. The van der Waals surface area contributed by atoms with Crippen molar-refractivity contribution < 1.29 is 27.1 Å². The van der Waals surface area contributed by atoms with Crippen molar-refractivity contribution in [3.8, 4) is 0 Å². The van der Waals surface area contributed by atoms with Gasteiger partial charge >= 0.3 is 12.0 Å². The molecule has 1 fully saturated rings. The van der Waals surface area contributed by atoms with Crippen molar-refractivity contribution in [2.45, 2.75) is 37.8 Å². The van der Waals surface area contributed by atoms with Gasteiger partial charge < -0.3 is 10.1 Å². The van der Waals surface area contributed by atoms with Gasteiger partial charge in [-0.25, -0.2) is 22.4 Å². The van der Waals surface area contributed by atoms with Crippen LogP contribution in [0.5, 0.6) is 0 Å². The van der Waals surface area contributed by atoms with E-state index in [9.17, 15) is 22.4 Å². The van der Waals surface area contributed by atoms with Crippen LogP contribution < -0.4 is 5.32 Å². The first-order chi connectivity index (χ1) is 18.6. The van der Waals surface area contributed by atoms with Crippen molar-refractivity contribution in [3.63, 3.8) is 0 Å². The second-order valence-corrected chi connectivity index (χ2v) is 11.7. The lowest BCUT2D eigenvalue weighted by Crippen LogP contribution is -2.56. The summed E-state index contributed by atoms with van der Waals surface area (Å²) in [6.07, 6.45) is 0. The maximum absolute atomic E-state index is 13.6. The topological polar surface area (TPSA) is 99.3 Å². The lowest BCUT2D eigenvalue weighted by Gasteiger charge is -2.42. The van der Waals surface area contributed by atoms with Gasteiger partial charge in [-0.05, 0) is 62.7 Å². The molecular weight excluding hydrogens is 547 g/mol. The smallest absolute Gasteiger partial charge is 0.338 e. The van der Waals surface area contributed by atoms with Crippen molar-refractivity contribution >= 4 is 33.6 Å². The second kappa shape index (κ2) is 12.0. The van der Waals surface area contributed by atoms with Crippen LogP contribution in [-0.2, 0) is 19.6 Å². The number of carbonyl (C=O) groups is 2. The van der Waals surface area contributed by atoms with Crippen LogP contribution in [0.3, 0.4) is 0 Å². The summed E-state index contributed by atoms with van der Waals surface area (Å²) in [5.74, 6) is -1.00. The van der Waals surface area contributed by atoms with E-state index in [4.69, 9.17) is 16.3 Å². The summed E-state index contributed by atoms with van der Waals surface area (Å²) in [5.41, 5.74) is 1.30. The number of likely N-dealkylation sites (N-methyl/N-ethyl adjacent to an activating group) is 1. The van der Waals surface area contributed by atoms with Gasteiger partial charge in [0.2, 0.25) is 10.0 Å². The molecule has 2 heterocycles. The summed E-state index contributed by atoms with van der Waals surface area (Å²) < 4.78 is 47.0. The number of hydrogen-bond donors (Lipinski definition) is 1. The molecule has 2 aromatic rings. The average Bonchev–Trinajstić information content (AvgIpc) is 2.89. The first kappa shape index (κ1) is 29.0. The Labute approximate surface area is 233 Å². The Bertz CT molecular complexity index is 1350. The largest absolute Gasteiger partial charge is 0.463 e. The molecule has 12 heteroatoms. The van der Waals surface area contributed by atoms with Crippen LogP contribution >= 0.6 is 11.6 Å². The van der Waals surface area contributed by atoms with Crippen LogP contribution in [0, 0.1) is 5.82 Å². The number of amides is 2. The van der Waals surface area contributed by atoms with Gasteiger partial charge in [-0.1, -0.05) is 23.7 Å². The van der Waals surface area contributed by atoms with Crippen LogP contribution in [0.2, 0.25) is 5.02 Å². The lowest BCUT2D eigenvalue weighted by atomic mass is 9.94. The number of ether oxygens (including phenoxy) is 1. The maximum atomic E-state index is 13.6. The highest BCUT2D eigenvalue weighted by molar-refractivity contribution is 7.89. The van der Waals surface area contributed by atoms with Gasteiger partial charge in [0.05, 0.1) is 23.1 Å². The highest BCUT2D eigenvalue weighted by Gasteiger charge is 2.40. The normalized spacial score (nSPS) is 21.2. The number of piperazine rings is 1. The summed E-state index contributed by atoms with van der Waals surface area (Å²) in [7, 11) is -3.73. The average molecular weight is 579 g/mol. The lowest BCUT2D eigenvalue weighted by molar-refractivity contribution is -0.139. The third kappa shape index (κ3) is 6.11. The first-order valence-electron chi connectivity index (χ1n) is 12.8. The third-order valence-corrected chi connectivity index (χ3v) is 9.18. The molecule has 1 saturated heterocycles. The number of carbonyl (C=O) groups excluding carboxylic acids is 2. The van der Waals surface area contributed by atoms with Gasteiger partial charge in [0, 0.05) is 49.5 Å². The van der Waals surface area contributed by atoms with Crippen LogP contribution in [0.15, 0.2) is 64.7 Å². The predicted octanol–water partition coefficient (Wildman–Crippen LogP) is 3.78. The molecule has 2 aromatic carbocycles. The molecule has 2 aliphatic heterocycles. The summed E-state index contributed by atoms with van der Waals surface area (Å²) in [6, 6.07) is 10.1. The minimum absolute atomic E-state index is 0.143. The number of hydrogen-bond acceptors (Lipinski definition) is 6. The summed E-state index contributed by atoms with van der Waals surface area (Å²) in [4.78, 5) is 30.1. The van der Waals surface area contributed by atoms with Crippen molar-refractivity contribution in [2.24, 2.45) is 0 Å². The Morgan fingerprint density at radius 1 is 1.10 bits per heavy atom. The molecule has 0 radical (unpaired) electrons. The fourth-order valence-electron chi connectivity index (χ4n) is 5.03. The summed E-state index contributed by atoms with van der Waals surface area (Å²) in [6.45, 7) is 7.01. The van der Waals surface area contributed by atoms with E-state index >= 15 is 0 Å². The Balaban J connectivity index is 1.64. The fraction of sp³-hybridized carbons (Fsp3) is 0.407. The standard InChI is InChI=1S/C27H32ClFN4O5S/c1-4-32-23(24(26(34)38-5-2)25(30-27(32)35)19-6-10-21(29)11-7-19)17-31-14-15-33(18(3)16-31)39(36,37)22-12-8-20(28)9-13-22/h6-13,18,25H,4-5,14-17H2,1-3H3,(H,30,35). The Morgan fingerprint density at radius 2 is 1.77 bits per heavy atom. The van der Waals surface area contributed by atoms with E-state index in [1.807, 2.05) is 11.8 Å². The molecule has 39 heavy (non-hydrogen) atoms. The van der Waals surface area contributed by atoms with E-state index in [1.165, 1.54) is 45.6 Å². The SMILES string of the molecule is CCOC(=O)C1=C(CN2CCN(S(=O)(=O)c3ccc(Cl)cc3)C(C)C2)N(CC)C(=O)NC1c1ccc(F)cc1. The van der Waals surface area contributed by atoms with Crippen LogP contribution in [0.25, 0.3) is 0 Å². The molecule has 2 atom stereocenters. The zero-order chi connectivity index (χ0) is 28.3. The highest BCUT2D eigenvalue weighted by atomic mass is 35.5. The first-order valence-corrected chi connectivity index (χ1v) is 14.6. The van der Waals surface area contributed by atoms with Gasteiger partial charge in [0.15, 0.2) is 0 Å². The number of sulfonamides is 1. The van der Waals surface area contributed by atoms with E-state index in [2.05, 4.69) is 5.32 Å². The molecule has 0 bridgehead atoms. The maximum Gasteiger partial charge on any atom is 0.338 e. The van der Waals surface area contributed by atoms with Crippen molar-refractivity contribution in [2.75, 3.05) is 39.3 Å². The number of halogens is 2. The molecule has 2 aliphatic rings. The Morgan fingerprint density at radius 3 is 2.36 bits per heavy atom. The molecule has 1 N–H and O–H groups in total. The fourth-order valence-corrected chi connectivity index (χ4v) is 6.77. The molecular formula is C27H32ClFN4O5S. The highest BCUT2D eigenvalue weighted by Crippen LogP contribution is 2.33. The molecule has 2 unspecified atom stereocenters. The molecule has 4 rings (SSSR count). The molecule has 0 aliphatic carbocycles. The van der Waals surface area contributed by atoms with Crippen molar-refractivity contribution in [3.05, 3.63) is 76.2 Å². The molecule has 210 valence electrons. The van der Waals surface area contributed by atoms with Crippen LogP contribution in [-0.4, -0.2) is 79.9 Å². The molecule has 0 saturated carbocycles. The van der Waals surface area contributed by atoms with Gasteiger partial charge in [-0.15, -0.1) is 0 Å². The molecule has 9 nitrogen and oxygen atoms in total. The van der Waals surface area contributed by atoms with Crippen LogP contribution in [0.1, 0.15) is 32.4 Å². The van der Waals surface area contributed by atoms with E-state index < -0.39 is 27.9 Å². The number of nitrogens with one attached hydrogen (secondary N) is 1. The zero-order valence-electron chi connectivity index (χ0n) is 22.1. The van der Waals surface area contributed by atoms with Gasteiger partial charge in [-0.3, -0.25) is 9.80 Å². The Hall–Kier alpha value is -2.99. The minimum atomic E-state index is -3.73. The van der Waals surface area contributed by atoms with Crippen molar-refractivity contribution in [1.82, 2.24) is 19.4 Å². The van der Waals surface area contributed by atoms with E-state index in [0.717, 1.165) is 0 Å². The van der Waals surface area contributed by atoms with Gasteiger partial charge in [-0.2, -0.15) is 4.31 Å². The number of esters is 1. The summed E-state index contributed by atoms with van der Waals surface area (Å²) >= 11 is 5.93. The number of nitrogens with zero attached hydrogens (tertiary/aromatic N) is 3. The van der Waals surface area contributed by atoms with Crippen molar-refractivity contribution in [1.29, 1.82) is 0 Å². The van der Waals surface area contributed by atoms with Gasteiger partial charge in [0.25, 0.3) is 0 Å². The number of urea groups is 1. The quantitative estimate of drug-likeness (QED) is 0.479. The second-order valence-electron chi connectivity index (χ2n) is 9.41. The summed E-state index contributed by atoms with van der Waals surface area (Å²) in [5, 5.41) is 3.31. The zero-order valence-corrected chi connectivity index (χ0v) is 23.6. The van der Waals surface area contributed by atoms with E-state index in [0.29, 0.717) is 35.9 Å². The number of rotatable bonds is 8. The van der Waals surface area contributed by atoms with Gasteiger partial charge in [0.1, 0.15) is 5.82 Å². The van der Waals surface area contributed by atoms with E-state index in [1.54, 1.807) is 26.0 Å². The monoisotopic (exact) mass is 578 g/mol. The molecule has 0 spiro atoms. The minimum Gasteiger partial charge on any atom is -0.463 e. The molecule has 0 aromatic heterocycles.